The third kappa shape index (κ3) is 4.92. The Labute approximate surface area is 216 Å². The minimum Gasteiger partial charge on any atom is -0.352 e. The Morgan fingerprint density at radius 2 is 1.65 bits per heavy atom. The van der Waals surface area contributed by atoms with Gasteiger partial charge in [0.05, 0.1) is 16.8 Å². The zero-order valence-electron chi connectivity index (χ0n) is 21.9. The molecule has 1 aliphatic rings. The second kappa shape index (κ2) is 10.3. The smallest absolute Gasteiger partial charge is 0.253 e. The molecule has 1 saturated heterocycles. The number of hydrogen-bond acceptors (Lipinski definition) is 5. The van der Waals surface area contributed by atoms with E-state index in [-0.39, 0.29) is 17.6 Å². The van der Waals surface area contributed by atoms with Gasteiger partial charge < -0.3 is 9.80 Å². The van der Waals surface area contributed by atoms with Crippen LogP contribution in [-0.4, -0.2) is 56.7 Å². The van der Waals surface area contributed by atoms with E-state index in [0.29, 0.717) is 26.2 Å². The number of amides is 1. The molecule has 0 unspecified atom stereocenters. The van der Waals surface area contributed by atoms with Gasteiger partial charge in [0.1, 0.15) is 17.5 Å². The maximum absolute atomic E-state index is 13.6. The number of carbonyl (C=O) groups is 1. The molecule has 4 aromatic rings. The number of anilines is 1. The number of hydrogen-bond donors (Lipinski definition) is 0. The summed E-state index contributed by atoms with van der Waals surface area (Å²) >= 11 is 0. The van der Waals surface area contributed by atoms with E-state index in [1.165, 1.54) is 12.1 Å². The number of carbonyl (C=O) groups excluding carboxylic acids is 1. The predicted octanol–water partition coefficient (Wildman–Crippen LogP) is 5.44. The van der Waals surface area contributed by atoms with Gasteiger partial charge in [-0.05, 0) is 56.7 Å². The first-order chi connectivity index (χ1) is 17.9. The second-order valence-corrected chi connectivity index (χ2v) is 9.91. The van der Waals surface area contributed by atoms with E-state index in [1.807, 2.05) is 43.0 Å². The van der Waals surface area contributed by atoms with Gasteiger partial charge in [-0.2, -0.15) is 5.10 Å². The lowest BCUT2D eigenvalue weighted by Crippen LogP contribution is -2.49. The fourth-order valence-electron chi connectivity index (χ4n) is 4.95. The van der Waals surface area contributed by atoms with Gasteiger partial charge in [-0.15, -0.1) is 0 Å². The van der Waals surface area contributed by atoms with Gasteiger partial charge in [-0.1, -0.05) is 38.0 Å². The molecule has 0 bridgehead atoms. The third-order valence-corrected chi connectivity index (χ3v) is 7.10. The summed E-state index contributed by atoms with van der Waals surface area (Å²) in [6, 6.07) is 14.0. The normalized spacial score (nSPS) is 14.8. The van der Waals surface area contributed by atoms with E-state index < -0.39 is 0 Å². The van der Waals surface area contributed by atoms with Crippen molar-refractivity contribution in [2.24, 2.45) is 0 Å². The summed E-state index contributed by atoms with van der Waals surface area (Å²) in [6.07, 6.45) is 2.02. The van der Waals surface area contributed by atoms with Crippen LogP contribution in [0.4, 0.5) is 10.2 Å². The van der Waals surface area contributed by atoms with Gasteiger partial charge >= 0.3 is 0 Å². The van der Waals surface area contributed by atoms with E-state index >= 15 is 0 Å². The average Bonchev–Trinajstić information content (AvgIpc) is 3.25. The highest BCUT2D eigenvalue weighted by molar-refractivity contribution is 5.95. The molecule has 1 aliphatic heterocycles. The van der Waals surface area contributed by atoms with Gasteiger partial charge in [-0.3, -0.25) is 4.79 Å². The van der Waals surface area contributed by atoms with Crippen LogP contribution in [0.15, 0.2) is 48.5 Å². The highest BCUT2D eigenvalue weighted by Crippen LogP contribution is 2.32. The number of benzene rings is 2. The quantitative estimate of drug-likeness (QED) is 0.353. The predicted molar refractivity (Wildman–Crippen MR) is 144 cm³/mol. The monoisotopic (exact) mass is 500 g/mol. The molecule has 0 saturated carbocycles. The first kappa shape index (κ1) is 24.9. The molecule has 1 atom stereocenters. The molecular formula is C29H33FN6O. The van der Waals surface area contributed by atoms with Crippen LogP contribution in [0.25, 0.3) is 16.7 Å². The molecule has 1 fully saturated rings. The number of fused-ring (bicyclic) bond motifs is 1. The zero-order chi connectivity index (χ0) is 26.1. The maximum Gasteiger partial charge on any atom is 0.253 e. The van der Waals surface area contributed by atoms with E-state index in [4.69, 9.17) is 15.1 Å². The Kier molecular flexibility index (Phi) is 6.91. The first-order valence-electron chi connectivity index (χ1n) is 13.0. The number of aryl methyl sites for hydroxylation is 2. The SMILES string of the molecule is CCC[C@@H](C)c1nc(N2CCN(C(=O)c3ccc(C)cc3)CC2)c2c(C)nn(-c3ccc(F)cc3)c2n1. The van der Waals surface area contributed by atoms with Crippen molar-refractivity contribution < 1.29 is 9.18 Å². The van der Waals surface area contributed by atoms with E-state index in [2.05, 4.69) is 18.7 Å². The van der Waals surface area contributed by atoms with Gasteiger partial charge in [0.15, 0.2) is 5.65 Å². The number of nitrogens with zero attached hydrogens (tertiary/aromatic N) is 6. The van der Waals surface area contributed by atoms with Crippen molar-refractivity contribution in [2.75, 3.05) is 31.1 Å². The summed E-state index contributed by atoms with van der Waals surface area (Å²) in [7, 11) is 0. The second-order valence-electron chi connectivity index (χ2n) is 9.91. The average molecular weight is 501 g/mol. The molecule has 192 valence electrons. The van der Waals surface area contributed by atoms with Gasteiger partial charge in [0.2, 0.25) is 0 Å². The largest absolute Gasteiger partial charge is 0.352 e. The van der Waals surface area contributed by atoms with Crippen LogP contribution in [0, 0.1) is 19.7 Å². The minimum atomic E-state index is -0.289. The van der Waals surface area contributed by atoms with E-state index in [0.717, 1.165) is 58.0 Å². The highest BCUT2D eigenvalue weighted by atomic mass is 19.1. The van der Waals surface area contributed by atoms with Crippen LogP contribution >= 0.6 is 0 Å². The third-order valence-electron chi connectivity index (χ3n) is 7.10. The fraction of sp³-hybridized carbons (Fsp3) is 0.379. The molecule has 1 amide bonds. The van der Waals surface area contributed by atoms with Crippen LogP contribution in [0.3, 0.4) is 0 Å². The Hall–Kier alpha value is -3.81. The summed E-state index contributed by atoms with van der Waals surface area (Å²) in [4.78, 5) is 27.2. The van der Waals surface area contributed by atoms with Crippen LogP contribution in [0.5, 0.6) is 0 Å². The van der Waals surface area contributed by atoms with Crippen LogP contribution in [0.2, 0.25) is 0 Å². The Bertz CT molecular complexity index is 1410. The van der Waals surface area contributed by atoms with Gasteiger partial charge in [0.25, 0.3) is 5.91 Å². The molecule has 0 N–H and O–H groups in total. The first-order valence-corrected chi connectivity index (χ1v) is 13.0. The molecule has 5 rings (SSSR count). The lowest BCUT2D eigenvalue weighted by atomic mass is 10.1. The molecule has 37 heavy (non-hydrogen) atoms. The highest BCUT2D eigenvalue weighted by Gasteiger charge is 2.27. The molecule has 2 aromatic carbocycles. The molecular weight excluding hydrogens is 467 g/mol. The molecule has 8 heteroatoms. The number of halogens is 1. The lowest BCUT2D eigenvalue weighted by Gasteiger charge is -2.36. The van der Waals surface area contributed by atoms with Crippen LogP contribution < -0.4 is 4.90 Å². The summed E-state index contributed by atoms with van der Waals surface area (Å²) in [6.45, 7) is 10.9. The fourth-order valence-corrected chi connectivity index (χ4v) is 4.95. The van der Waals surface area contributed by atoms with Crippen molar-refractivity contribution in [1.29, 1.82) is 0 Å². The molecule has 0 radical (unpaired) electrons. The summed E-state index contributed by atoms with van der Waals surface area (Å²) < 4.78 is 15.4. The van der Waals surface area contributed by atoms with E-state index in [9.17, 15) is 9.18 Å². The summed E-state index contributed by atoms with van der Waals surface area (Å²) in [5.41, 5.74) is 4.16. The molecule has 0 aliphatic carbocycles. The molecule has 2 aromatic heterocycles. The molecule has 7 nitrogen and oxygen atoms in total. The minimum absolute atomic E-state index is 0.0602. The number of aromatic nitrogens is 4. The van der Waals surface area contributed by atoms with Crippen molar-refractivity contribution in [3.8, 4) is 5.69 Å². The molecule has 3 heterocycles. The maximum atomic E-state index is 13.6. The Balaban J connectivity index is 1.49. The van der Waals surface area contributed by atoms with Crippen LogP contribution in [-0.2, 0) is 0 Å². The van der Waals surface area contributed by atoms with Crippen molar-refractivity contribution in [3.63, 3.8) is 0 Å². The Morgan fingerprint density at radius 3 is 2.30 bits per heavy atom. The number of rotatable bonds is 6. The van der Waals surface area contributed by atoms with Gasteiger partial charge in [0, 0.05) is 37.7 Å². The molecule has 0 spiro atoms. The zero-order valence-corrected chi connectivity index (χ0v) is 21.9. The van der Waals surface area contributed by atoms with Crippen molar-refractivity contribution in [2.45, 2.75) is 46.5 Å². The number of piperazine rings is 1. The van der Waals surface area contributed by atoms with Gasteiger partial charge in [-0.25, -0.2) is 19.0 Å². The summed E-state index contributed by atoms with van der Waals surface area (Å²) in [5.74, 6) is 1.60. The van der Waals surface area contributed by atoms with Crippen molar-refractivity contribution in [1.82, 2.24) is 24.6 Å². The topological polar surface area (TPSA) is 67.2 Å². The van der Waals surface area contributed by atoms with Crippen molar-refractivity contribution in [3.05, 3.63) is 77.0 Å². The standard InChI is InChI=1S/C29H33FN6O/c1-5-6-20(3)26-31-27(25-21(4)33-36(28(25)32-26)24-13-11-23(30)12-14-24)34-15-17-35(18-16-34)29(37)22-9-7-19(2)8-10-22/h7-14,20H,5-6,15-18H2,1-4H3/t20-/m1/s1. The van der Waals surface area contributed by atoms with E-state index in [1.54, 1.807) is 16.8 Å². The van der Waals surface area contributed by atoms with Crippen molar-refractivity contribution >= 4 is 22.8 Å². The van der Waals surface area contributed by atoms with Crippen LogP contribution in [0.1, 0.15) is 60.0 Å². The Morgan fingerprint density at radius 1 is 0.973 bits per heavy atom. The lowest BCUT2D eigenvalue weighted by molar-refractivity contribution is 0.0746. The summed E-state index contributed by atoms with van der Waals surface area (Å²) in [5, 5.41) is 5.68.